The lowest BCUT2D eigenvalue weighted by Gasteiger charge is -2.12. The number of nitrogens with zero attached hydrogens (tertiary/aromatic N) is 3. The second-order valence-corrected chi connectivity index (χ2v) is 6.22. The third kappa shape index (κ3) is 6.81. The first-order valence-corrected chi connectivity index (χ1v) is 8.54. The molecule has 1 aromatic carbocycles. The highest BCUT2D eigenvalue weighted by Crippen LogP contribution is 2.13. The molecule has 7 heteroatoms. The maximum atomic E-state index is 5.60. The molecule has 0 unspecified atom stereocenters. The van der Waals surface area contributed by atoms with Crippen molar-refractivity contribution in [3.05, 3.63) is 30.1 Å². The Balaban J connectivity index is 0.00000312. The molecule has 2 rings (SSSR count). The van der Waals surface area contributed by atoms with Crippen LogP contribution in [0, 0.1) is 5.92 Å². The quantitative estimate of drug-likeness (QED) is 0.276. The van der Waals surface area contributed by atoms with Crippen molar-refractivity contribution >= 4 is 41.0 Å². The zero-order chi connectivity index (χ0) is 17.4. The third-order valence-corrected chi connectivity index (χ3v) is 3.90. The predicted molar refractivity (Wildman–Crippen MR) is 115 cm³/mol. The maximum absolute atomic E-state index is 5.60. The number of para-hydroxylation sites is 2. The highest BCUT2D eigenvalue weighted by molar-refractivity contribution is 14.0. The van der Waals surface area contributed by atoms with E-state index >= 15 is 0 Å². The second-order valence-electron chi connectivity index (χ2n) is 6.22. The van der Waals surface area contributed by atoms with Gasteiger partial charge in [-0.15, -0.1) is 24.0 Å². The van der Waals surface area contributed by atoms with Crippen LogP contribution in [0.3, 0.4) is 0 Å². The molecule has 0 spiro atoms. The first-order chi connectivity index (χ1) is 11.6. The van der Waals surface area contributed by atoms with E-state index in [0.29, 0.717) is 19.1 Å². The normalized spacial score (nSPS) is 11.6. The standard InChI is InChI=1S/C18H29N5O.HI/c1-14(2)9-11-24-12-10-20-18(19-3)21-13-17-22-15-7-5-6-8-16(15)23(17)4;/h5-8,14H,9-13H2,1-4H3,(H2,19,20,21);1H. The molecule has 2 aromatic rings. The SMILES string of the molecule is CN=C(NCCOCCC(C)C)NCc1nc2ccccc2n1C.I. The van der Waals surface area contributed by atoms with Gasteiger partial charge in [-0.1, -0.05) is 26.0 Å². The number of guanidine groups is 1. The molecule has 0 aliphatic rings. The van der Waals surface area contributed by atoms with Crippen molar-refractivity contribution in [3.63, 3.8) is 0 Å². The molecule has 6 nitrogen and oxygen atoms in total. The number of halogens is 1. The van der Waals surface area contributed by atoms with Crippen LogP contribution in [-0.4, -0.2) is 42.3 Å². The lowest BCUT2D eigenvalue weighted by atomic mass is 10.1. The molecule has 0 radical (unpaired) electrons. The van der Waals surface area contributed by atoms with Crippen molar-refractivity contribution in [2.45, 2.75) is 26.8 Å². The molecule has 2 N–H and O–H groups in total. The highest BCUT2D eigenvalue weighted by Gasteiger charge is 2.07. The van der Waals surface area contributed by atoms with Crippen LogP contribution in [0.25, 0.3) is 11.0 Å². The van der Waals surface area contributed by atoms with Crippen LogP contribution in [0.2, 0.25) is 0 Å². The van der Waals surface area contributed by atoms with Crippen molar-refractivity contribution < 1.29 is 4.74 Å². The van der Waals surface area contributed by atoms with Gasteiger partial charge in [0, 0.05) is 27.2 Å². The first-order valence-electron chi connectivity index (χ1n) is 8.54. The van der Waals surface area contributed by atoms with E-state index in [0.717, 1.165) is 42.4 Å². The number of ether oxygens (including phenoxy) is 1. The monoisotopic (exact) mass is 459 g/mol. The number of aryl methyl sites for hydroxylation is 1. The number of hydrogen-bond acceptors (Lipinski definition) is 3. The molecule has 0 aliphatic carbocycles. The number of rotatable bonds is 8. The zero-order valence-electron chi connectivity index (χ0n) is 15.6. The van der Waals surface area contributed by atoms with Crippen LogP contribution in [0.1, 0.15) is 26.1 Å². The summed E-state index contributed by atoms with van der Waals surface area (Å²) in [4.78, 5) is 8.88. The van der Waals surface area contributed by atoms with Gasteiger partial charge in [-0.05, 0) is 24.5 Å². The van der Waals surface area contributed by atoms with Gasteiger partial charge in [0.2, 0.25) is 0 Å². The molecule has 0 saturated heterocycles. The third-order valence-electron chi connectivity index (χ3n) is 3.90. The fraction of sp³-hybridized carbons (Fsp3) is 0.556. The molecule has 1 heterocycles. The summed E-state index contributed by atoms with van der Waals surface area (Å²) in [5, 5.41) is 6.55. The summed E-state index contributed by atoms with van der Waals surface area (Å²) in [7, 11) is 3.80. The van der Waals surface area contributed by atoms with Crippen LogP contribution in [0.5, 0.6) is 0 Å². The van der Waals surface area contributed by atoms with Gasteiger partial charge in [0.05, 0.1) is 24.2 Å². The number of aromatic nitrogens is 2. The first kappa shape index (κ1) is 21.7. The summed E-state index contributed by atoms with van der Waals surface area (Å²) in [5.41, 5.74) is 2.15. The topological polar surface area (TPSA) is 63.5 Å². The van der Waals surface area contributed by atoms with Gasteiger partial charge in [0.1, 0.15) is 5.82 Å². The van der Waals surface area contributed by atoms with Gasteiger partial charge in [-0.3, -0.25) is 4.99 Å². The predicted octanol–water partition coefficient (Wildman–Crippen LogP) is 2.92. The van der Waals surface area contributed by atoms with Crippen LogP contribution in [0.15, 0.2) is 29.3 Å². The number of nitrogens with one attached hydrogen (secondary N) is 2. The fourth-order valence-electron chi connectivity index (χ4n) is 2.40. The molecule has 0 saturated carbocycles. The Morgan fingerprint density at radius 1 is 1.24 bits per heavy atom. The van der Waals surface area contributed by atoms with E-state index in [1.54, 1.807) is 7.05 Å². The van der Waals surface area contributed by atoms with E-state index in [1.807, 2.05) is 25.2 Å². The van der Waals surface area contributed by atoms with Gasteiger partial charge in [-0.25, -0.2) is 4.98 Å². The van der Waals surface area contributed by atoms with Gasteiger partial charge in [0.25, 0.3) is 0 Å². The minimum Gasteiger partial charge on any atom is -0.380 e. The minimum absolute atomic E-state index is 0. The average molecular weight is 459 g/mol. The molecule has 25 heavy (non-hydrogen) atoms. The summed E-state index contributed by atoms with van der Waals surface area (Å²) in [6.45, 7) is 7.26. The number of imidazole rings is 1. The summed E-state index contributed by atoms with van der Waals surface area (Å²) in [6.07, 6.45) is 1.10. The van der Waals surface area contributed by atoms with Crippen molar-refractivity contribution in [2.75, 3.05) is 26.8 Å². The maximum Gasteiger partial charge on any atom is 0.191 e. The Kier molecular flexibility index (Phi) is 9.81. The van der Waals surface area contributed by atoms with E-state index in [9.17, 15) is 0 Å². The fourth-order valence-corrected chi connectivity index (χ4v) is 2.40. The Labute approximate surface area is 167 Å². The molecule has 0 atom stereocenters. The Hall–Kier alpha value is -1.35. The molecule has 0 aliphatic heterocycles. The molecule has 1 aromatic heterocycles. The van der Waals surface area contributed by atoms with Crippen LogP contribution in [0.4, 0.5) is 0 Å². The number of hydrogen-bond donors (Lipinski definition) is 2. The van der Waals surface area contributed by atoms with Crippen molar-refractivity contribution in [1.29, 1.82) is 0 Å². The van der Waals surface area contributed by atoms with Gasteiger partial charge < -0.3 is 19.9 Å². The van der Waals surface area contributed by atoms with E-state index < -0.39 is 0 Å². The molecule has 0 fully saturated rings. The van der Waals surface area contributed by atoms with Crippen molar-refractivity contribution in [2.24, 2.45) is 18.0 Å². The van der Waals surface area contributed by atoms with E-state index in [4.69, 9.17) is 4.74 Å². The average Bonchev–Trinajstić information content (AvgIpc) is 2.90. The molecular formula is C18H30IN5O. The van der Waals surface area contributed by atoms with Gasteiger partial charge in [0.15, 0.2) is 5.96 Å². The second kappa shape index (κ2) is 11.3. The summed E-state index contributed by atoms with van der Waals surface area (Å²) >= 11 is 0. The largest absolute Gasteiger partial charge is 0.380 e. The van der Waals surface area contributed by atoms with Gasteiger partial charge >= 0.3 is 0 Å². The molecule has 0 amide bonds. The van der Waals surface area contributed by atoms with Crippen molar-refractivity contribution in [1.82, 2.24) is 20.2 Å². The molecular weight excluding hydrogens is 429 g/mol. The summed E-state index contributed by atoms with van der Waals surface area (Å²) in [5.74, 6) is 2.42. The molecule has 140 valence electrons. The zero-order valence-corrected chi connectivity index (χ0v) is 17.9. The smallest absolute Gasteiger partial charge is 0.191 e. The van der Waals surface area contributed by atoms with E-state index in [1.165, 1.54) is 0 Å². The highest BCUT2D eigenvalue weighted by atomic mass is 127. The molecule has 0 bridgehead atoms. The number of aliphatic imine (C=N–C) groups is 1. The lowest BCUT2D eigenvalue weighted by Crippen LogP contribution is -2.39. The minimum atomic E-state index is 0. The van der Waals surface area contributed by atoms with Crippen molar-refractivity contribution in [3.8, 4) is 0 Å². The van der Waals surface area contributed by atoms with E-state index in [2.05, 4.69) is 45.1 Å². The Morgan fingerprint density at radius 3 is 2.68 bits per heavy atom. The number of fused-ring (bicyclic) bond motifs is 1. The van der Waals surface area contributed by atoms with Crippen LogP contribution >= 0.6 is 24.0 Å². The van der Waals surface area contributed by atoms with Crippen LogP contribution < -0.4 is 10.6 Å². The summed E-state index contributed by atoms with van der Waals surface area (Å²) in [6, 6.07) is 8.14. The van der Waals surface area contributed by atoms with Gasteiger partial charge in [-0.2, -0.15) is 0 Å². The van der Waals surface area contributed by atoms with Crippen LogP contribution in [-0.2, 0) is 18.3 Å². The Bertz CT molecular complexity index is 669. The number of benzene rings is 1. The summed E-state index contributed by atoms with van der Waals surface area (Å²) < 4.78 is 7.70. The van der Waals surface area contributed by atoms with E-state index in [-0.39, 0.29) is 24.0 Å². The Morgan fingerprint density at radius 2 is 2.00 bits per heavy atom. The lowest BCUT2D eigenvalue weighted by molar-refractivity contribution is 0.128.